The zero-order chi connectivity index (χ0) is 28.2. The van der Waals surface area contributed by atoms with Gasteiger partial charge < -0.3 is 19.6 Å². The Morgan fingerprint density at radius 3 is 1.92 bits per heavy atom. The molecule has 3 aromatic carbocycles. The van der Waals surface area contributed by atoms with Gasteiger partial charge in [0.2, 0.25) is 0 Å². The summed E-state index contributed by atoms with van der Waals surface area (Å²) >= 11 is 0. The average molecular weight is 548 g/mol. The number of nitrogens with zero attached hydrogens (tertiary/aromatic N) is 2. The van der Waals surface area contributed by atoms with Gasteiger partial charge in [-0.2, -0.15) is 0 Å². The third-order valence-electron chi connectivity index (χ3n) is 8.12. The van der Waals surface area contributed by atoms with Gasteiger partial charge in [0.15, 0.2) is 0 Å². The Morgan fingerprint density at radius 1 is 0.821 bits per heavy atom. The van der Waals surface area contributed by atoms with Crippen molar-refractivity contribution in [2.45, 2.75) is 51.9 Å². The van der Waals surface area contributed by atoms with E-state index in [9.17, 15) is 0 Å². The summed E-state index contributed by atoms with van der Waals surface area (Å²) in [6.45, 7) is 6.84. The number of rotatable bonds is 10. The van der Waals surface area contributed by atoms with Gasteiger partial charge in [-0.25, -0.2) is 0 Å². The number of hydrogen-bond acceptors (Lipinski definition) is 5. The molecule has 0 saturated heterocycles. The molecule has 1 N–H and O–H groups in total. The molecule has 39 heavy (non-hydrogen) atoms. The molecule has 0 spiro atoms. The first-order valence-electron chi connectivity index (χ1n) is 14.2. The van der Waals surface area contributed by atoms with Gasteiger partial charge in [-0.15, -0.1) is 0 Å². The molecule has 5 atom stereocenters. The molecule has 6 heteroatoms. The van der Waals surface area contributed by atoms with E-state index >= 15 is 4.57 Å². The van der Waals surface area contributed by atoms with Crippen molar-refractivity contribution in [3.05, 3.63) is 84.4 Å². The van der Waals surface area contributed by atoms with Gasteiger partial charge in [-0.1, -0.05) is 57.5 Å². The van der Waals surface area contributed by atoms with Crippen molar-refractivity contribution < 1.29 is 9.09 Å². The molecule has 1 fully saturated rings. The summed E-state index contributed by atoms with van der Waals surface area (Å²) in [6, 6.07) is 26.5. The van der Waals surface area contributed by atoms with Crippen LogP contribution in [0, 0.1) is 17.8 Å². The van der Waals surface area contributed by atoms with E-state index in [2.05, 4.69) is 60.2 Å². The zero-order valence-corrected chi connectivity index (χ0v) is 25.6. The summed E-state index contributed by atoms with van der Waals surface area (Å²) in [6.07, 6.45) is 3.18. The largest absolute Gasteiger partial charge is 0.378 e. The SMILES string of the molecule is CC(C)[C@H]1CC[C@@H](C)C[C@H]1O[P@@](=O)(c1ccc(N(C)C)cc1)[C@@H](Nc1ccccc1)c1ccc(N(C)C)cc1. The molecule has 1 aliphatic carbocycles. The van der Waals surface area contributed by atoms with E-state index in [0.29, 0.717) is 17.8 Å². The molecule has 3 aromatic rings. The van der Waals surface area contributed by atoms with E-state index < -0.39 is 13.2 Å². The van der Waals surface area contributed by atoms with Crippen LogP contribution in [0.2, 0.25) is 0 Å². The first kappa shape index (κ1) is 29.2. The van der Waals surface area contributed by atoms with E-state index in [4.69, 9.17) is 4.52 Å². The van der Waals surface area contributed by atoms with Crippen molar-refractivity contribution in [2.75, 3.05) is 43.3 Å². The topological polar surface area (TPSA) is 44.8 Å². The number of hydrogen-bond donors (Lipinski definition) is 1. The number of para-hydroxylation sites is 1. The summed E-state index contributed by atoms with van der Waals surface area (Å²) in [4.78, 5) is 4.14. The van der Waals surface area contributed by atoms with Crippen molar-refractivity contribution in [3.63, 3.8) is 0 Å². The molecule has 0 bridgehead atoms. The molecule has 0 aromatic heterocycles. The Hall–Kier alpha value is -2.75. The van der Waals surface area contributed by atoms with Crippen LogP contribution in [-0.2, 0) is 9.09 Å². The Labute approximate surface area is 236 Å². The number of anilines is 3. The summed E-state index contributed by atoms with van der Waals surface area (Å²) in [5.41, 5.74) is 4.04. The zero-order valence-electron chi connectivity index (χ0n) is 24.7. The second-order valence-electron chi connectivity index (χ2n) is 11.9. The van der Waals surface area contributed by atoms with E-state index in [-0.39, 0.29) is 6.10 Å². The van der Waals surface area contributed by atoms with Gasteiger partial charge in [0.1, 0.15) is 5.78 Å². The van der Waals surface area contributed by atoms with Crippen LogP contribution in [-0.4, -0.2) is 34.3 Å². The highest BCUT2D eigenvalue weighted by Crippen LogP contribution is 2.61. The minimum Gasteiger partial charge on any atom is -0.378 e. The van der Waals surface area contributed by atoms with Gasteiger partial charge >= 0.3 is 0 Å². The maximum atomic E-state index is 15.7. The van der Waals surface area contributed by atoms with E-state index in [0.717, 1.165) is 40.8 Å². The molecule has 0 amide bonds. The van der Waals surface area contributed by atoms with Crippen LogP contribution in [0.3, 0.4) is 0 Å². The van der Waals surface area contributed by atoms with E-state index in [1.807, 2.05) is 82.8 Å². The second-order valence-corrected chi connectivity index (χ2v) is 14.3. The average Bonchev–Trinajstić information content (AvgIpc) is 2.92. The Kier molecular flexibility index (Phi) is 9.46. The molecule has 1 saturated carbocycles. The lowest BCUT2D eigenvalue weighted by atomic mass is 9.75. The summed E-state index contributed by atoms with van der Waals surface area (Å²) in [7, 11) is 4.64. The maximum Gasteiger partial charge on any atom is 0.258 e. The fourth-order valence-corrected chi connectivity index (χ4v) is 8.31. The van der Waals surface area contributed by atoms with Crippen molar-refractivity contribution in [1.29, 1.82) is 0 Å². The van der Waals surface area contributed by atoms with Gasteiger partial charge in [-0.05, 0) is 84.7 Å². The van der Waals surface area contributed by atoms with Gasteiger partial charge in [-0.3, -0.25) is 4.57 Å². The van der Waals surface area contributed by atoms with Crippen LogP contribution in [0.15, 0.2) is 78.9 Å². The summed E-state index contributed by atoms with van der Waals surface area (Å²) in [5.74, 6) is 0.858. The molecule has 0 unspecified atom stereocenters. The third-order valence-corrected chi connectivity index (χ3v) is 10.8. The third kappa shape index (κ3) is 6.88. The molecule has 4 rings (SSSR count). The maximum absolute atomic E-state index is 15.7. The van der Waals surface area contributed by atoms with Gasteiger partial charge in [0, 0.05) is 50.6 Å². The Morgan fingerprint density at radius 2 is 1.38 bits per heavy atom. The fraction of sp³-hybridized carbons (Fsp3) is 0.455. The first-order chi connectivity index (χ1) is 18.6. The standard InChI is InChI=1S/C33H46N3O2P/c1-24(2)31-22-13-25(3)23-32(31)38-39(37,30-20-18-29(19-21-30)36(6)7)33(34-27-11-9-8-10-12-27)26-14-16-28(17-15-26)35(4)5/h8-12,14-21,24-25,31-34H,13,22-23H2,1-7H3/t25-,31-,32-,33-,39+/m1/s1. The molecular weight excluding hydrogens is 501 g/mol. The van der Waals surface area contributed by atoms with Crippen LogP contribution in [0.1, 0.15) is 51.4 Å². The highest BCUT2D eigenvalue weighted by Gasteiger charge is 2.43. The molecule has 0 aliphatic heterocycles. The smallest absolute Gasteiger partial charge is 0.258 e. The summed E-state index contributed by atoms with van der Waals surface area (Å²) in [5, 5.41) is 4.40. The molecule has 0 heterocycles. The van der Waals surface area contributed by atoms with Gasteiger partial charge in [0.05, 0.1) is 6.10 Å². The molecule has 0 radical (unpaired) electrons. The second kappa shape index (κ2) is 12.6. The van der Waals surface area contributed by atoms with Gasteiger partial charge in [0.25, 0.3) is 7.37 Å². The van der Waals surface area contributed by atoms with Crippen molar-refractivity contribution in [1.82, 2.24) is 0 Å². The van der Waals surface area contributed by atoms with Crippen LogP contribution in [0.25, 0.3) is 0 Å². The minimum absolute atomic E-state index is 0.0609. The summed E-state index contributed by atoms with van der Waals surface area (Å²) < 4.78 is 22.7. The van der Waals surface area contributed by atoms with Crippen molar-refractivity contribution >= 4 is 29.7 Å². The normalized spacial score (nSPS) is 21.7. The van der Waals surface area contributed by atoms with Crippen LogP contribution in [0.5, 0.6) is 0 Å². The predicted octanol–water partition coefficient (Wildman–Crippen LogP) is 8.01. The van der Waals surface area contributed by atoms with Crippen molar-refractivity contribution in [3.8, 4) is 0 Å². The van der Waals surface area contributed by atoms with E-state index in [1.165, 1.54) is 6.42 Å². The Balaban J connectivity index is 1.85. The fourth-order valence-electron chi connectivity index (χ4n) is 5.68. The monoisotopic (exact) mass is 547 g/mol. The predicted molar refractivity (Wildman–Crippen MR) is 168 cm³/mol. The molecule has 5 nitrogen and oxygen atoms in total. The lowest BCUT2D eigenvalue weighted by molar-refractivity contribution is 0.0489. The molecule has 1 aliphatic rings. The van der Waals surface area contributed by atoms with Crippen molar-refractivity contribution in [2.24, 2.45) is 17.8 Å². The molecular formula is C33H46N3O2P. The number of benzene rings is 3. The quantitative estimate of drug-likeness (QED) is 0.261. The van der Waals surface area contributed by atoms with Crippen LogP contribution < -0.4 is 20.4 Å². The Bertz CT molecular complexity index is 1230. The lowest BCUT2D eigenvalue weighted by Crippen LogP contribution is -2.35. The highest BCUT2D eigenvalue weighted by molar-refractivity contribution is 7.67. The molecule has 210 valence electrons. The van der Waals surface area contributed by atoms with Crippen LogP contribution >= 0.6 is 7.37 Å². The number of nitrogens with one attached hydrogen (secondary N) is 1. The highest BCUT2D eigenvalue weighted by atomic mass is 31.2. The van der Waals surface area contributed by atoms with E-state index in [1.54, 1.807) is 0 Å². The minimum atomic E-state index is -3.47. The lowest BCUT2D eigenvalue weighted by Gasteiger charge is -2.41. The first-order valence-corrected chi connectivity index (χ1v) is 15.9. The van der Waals surface area contributed by atoms with Crippen LogP contribution in [0.4, 0.5) is 17.1 Å².